The van der Waals surface area contributed by atoms with Crippen molar-refractivity contribution in [1.82, 2.24) is 4.57 Å². The summed E-state index contributed by atoms with van der Waals surface area (Å²) >= 11 is 0. The average molecular weight is 445 g/mol. The Labute approximate surface area is 201 Å². The van der Waals surface area contributed by atoms with Crippen molar-refractivity contribution in [1.29, 1.82) is 0 Å². The fourth-order valence-corrected chi connectivity index (χ4v) is 4.85. The van der Waals surface area contributed by atoms with Crippen LogP contribution in [0.25, 0.3) is 38.6 Å². The van der Waals surface area contributed by atoms with E-state index in [1.165, 1.54) is 32.9 Å². The van der Waals surface area contributed by atoms with Gasteiger partial charge in [0.25, 0.3) is 0 Å². The van der Waals surface area contributed by atoms with Gasteiger partial charge in [-0.05, 0) is 68.6 Å². The maximum absolute atomic E-state index is 6.34. The van der Waals surface area contributed by atoms with Crippen molar-refractivity contribution in [2.24, 2.45) is 0 Å². The maximum atomic E-state index is 6.34. The van der Waals surface area contributed by atoms with Crippen LogP contribution in [-0.2, 0) is 9.31 Å². The molecule has 1 aliphatic heterocycles. The molecule has 5 aromatic rings. The molecule has 3 nitrogen and oxygen atoms in total. The second-order valence-corrected chi connectivity index (χ2v) is 10.1. The van der Waals surface area contributed by atoms with E-state index in [0.29, 0.717) is 0 Å². The van der Waals surface area contributed by atoms with Gasteiger partial charge >= 0.3 is 7.12 Å². The van der Waals surface area contributed by atoms with E-state index in [1.54, 1.807) is 0 Å². The van der Waals surface area contributed by atoms with Crippen LogP contribution in [0.4, 0.5) is 0 Å². The predicted molar refractivity (Wildman–Crippen MR) is 142 cm³/mol. The van der Waals surface area contributed by atoms with E-state index in [9.17, 15) is 0 Å². The third-order valence-electron chi connectivity index (χ3n) is 7.43. The number of nitrogens with zero attached hydrogens (tertiary/aromatic N) is 1. The summed E-state index contributed by atoms with van der Waals surface area (Å²) in [5.74, 6) is 0. The molecule has 0 saturated carbocycles. The lowest BCUT2D eigenvalue weighted by molar-refractivity contribution is 0.00578. The monoisotopic (exact) mass is 445 g/mol. The Bertz CT molecular complexity index is 1500. The smallest absolute Gasteiger partial charge is 0.399 e. The first-order valence-corrected chi connectivity index (χ1v) is 11.9. The van der Waals surface area contributed by atoms with Crippen LogP contribution in [0.3, 0.4) is 0 Å². The first kappa shape index (κ1) is 21.2. The Balaban J connectivity index is 1.54. The van der Waals surface area contributed by atoms with E-state index in [0.717, 1.165) is 11.2 Å². The van der Waals surface area contributed by atoms with Gasteiger partial charge in [0.05, 0.1) is 22.2 Å². The average Bonchev–Trinajstić information content (AvgIpc) is 3.29. The number of rotatable bonds is 3. The van der Waals surface area contributed by atoms with Crippen LogP contribution < -0.4 is 5.46 Å². The van der Waals surface area contributed by atoms with Gasteiger partial charge in [0.2, 0.25) is 0 Å². The second kappa shape index (κ2) is 7.59. The molecule has 0 unspecified atom stereocenters. The zero-order valence-electron chi connectivity index (χ0n) is 20.1. The van der Waals surface area contributed by atoms with E-state index in [2.05, 4.69) is 129 Å². The van der Waals surface area contributed by atoms with Gasteiger partial charge in [-0.25, -0.2) is 0 Å². The quantitative estimate of drug-likeness (QED) is 0.287. The molecular formula is C30H28BNO2. The molecule has 0 amide bonds. The zero-order valence-corrected chi connectivity index (χ0v) is 20.1. The Kier molecular flexibility index (Phi) is 4.74. The van der Waals surface area contributed by atoms with Gasteiger partial charge in [-0.2, -0.15) is 0 Å². The number of benzene rings is 4. The molecule has 0 radical (unpaired) electrons. The Morgan fingerprint density at radius 3 is 2.03 bits per heavy atom. The fourth-order valence-electron chi connectivity index (χ4n) is 4.85. The highest BCUT2D eigenvalue weighted by atomic mass is 16.7. The van der Waals surface area contributed by atoms with E-state index >= 15 is 0 Å². The van der Waals surface area contributed by atoms with Crippen LogP contribution >= 0.6 is 0 Å². The van der Waals surface area contributed by atoms with Crippen LogP contribution in [0.2, 0.25) is 0 Å². The Morgan fingerprint density at radius 2 is 1.26 bits per heavy atom. The van der Waals surface area contributed by atoms with Gasteiger partial charge in [-0.15, -0.1) is 0 Å². The highest BCUT2D eigenvalue weighted by Gasteiger charge is 2.51. The van der Waals surface area contributed by atoms with E-state index in [-0.39, 0.29) is 11.2 Å². The van der Waals surface area contributed by atoms with Crippen LogP contribution in [0, 0.1) is 0 Å². The number of hydrogen-bond donors (Lipinski definition) is 0. The summed E-state index contributed by atoms with van der Waals surface area (Å²) in [6.45, 7) is 8.37. The molecule has 0 N–H and O–H groups in total. The molecule has 0 aliphatic carbocycles. The van der Waals surface area contributed by atoms with Crippen molar-refractivity contribution in [3.63, 3.8) is 0 Å². The summed E-state index contributed by atoms with van der Waals surface area (Å²) < 4.78 is 15.0. The first-order valence-electron chi connectivity index (χ1n) is 11.9. The van der Waals surface area contributed by atoms with Crippen molar-refractivity contribution in [2.45, 2.75) is 38.9 Å². The summed E-state index contributed by atoms with van der Waals surface area (Å²) in [7, 11) is -0.391. The molecule has 1 aliphatic rings. The van der Waals surface area contributed by atoms with Crippen molar-refractivity contribution in [3.05, 3.63) is 97.1 Å². The largest absolute Gasteiger partial charge is 0.494 e. The Morgan fingerprint density at radius 1 is 0.588 bits per heavy atom. The van der Waals surface area contributed by atoms with Gasteiger partial charge in [-0.1, -0.05) is 72.8 Å². The summed E-state index contributed by atoms with van der Waals surface area (Å²) in [4.78, 5) is 0. The molecule has 0 bridgehead atoms. The molecule has 1 saturated heterocycles. The zero-order chi connectivity index (χ0) is 23.5. The fraction of sp³-hybridized carbons (Fsp3) is 0.200. The van der Waals surface area contributed by atoms with Gasteiger partial charge in [-0.3, -0.25) is 0 Å². The van der Waals surface area contributed by atoms with Gasteiger partial charge < -0.3 is 13.9 Å². The lowest BCUT2D eigenvalue weighted by atomic mass is 9.79. The SMILES string of the molecule is CC1(C)OB(c2cccc(-n3c4ccccc4c4ccc(-c5ccccc5)cc43)c2)OC1(C)C. The summed E-state index contributed by atoms with van der Waals surface area (Å²) in [5.41, 5.74) is 6.19. The van der Waals surface area contributed by atoms with Crippen molar-refractivity contribution >= 4 is 34.4 Å². The number of fused-ring (bicyclic) bond motifs is 3. The third-order valence-corrected chi connectivity index (χ3v) is 7.43. The highest BCUT2D eigenvalue weighted by Crippen LogP contribution is 2.37. The standard InChI is InChI=1S/C30H28BNO2/c1-29(2)30(3,4)34-31(33-29)23-13-10-14-24(20-23)32-27-16-9-8-15-25(27)26-18-17-22(19-28(26)32)21-11-6-5-7-12-21/h5-20H,1-4H3. The minimum absolute atomic E-state index is 0.370. The van der Waals surface area contributed by atoms with Crippen molar-refractivity contribution in [2.75, 3.05) is 0 Å². The third kappa shape index (κ3) is 3.29. The lowest BCUT2D eigenvalue weighted by Crippen LogP contribution is -2.41. The van der Waals surface area contributed by atoms with Crippen LogP contribution in [-0.4, -0.2) is 22.9 Å². The normalized spacial score (nSPS) is 17.0. The molecule has 0 spiro atoms. The molecule has 2 heterocycles. The molecular weight excluding hydrogens is 417 g/mol. The van der Waals surface area contributed by atoms with E-state index < -0.39 is 7.12 Å². The molecule has 4 heteroatoms. The highest BCUT2D eigenvalue weighted by molar-refractivity contribution is 6.62. The van der Waals surface area contributed by atoms with Crippen molar-refractivity contribution in [3.8, 4) is 16.8 Å². The minimum Gasteiger partial charge on any atom is -0.399 e. The predicted octanol–water partition coefficient (Wildman–Crippen LogP) is 6.75. The first-order chi connectivity index (χ1) is 16.3. The van der Waals surface area contributed by atoms with Gasteiger partial charge in [0, 0.05) is 16.5 Å². The van der Waals surface area contributed by atoms with E-state index in [4.69, 9.17) is 9.31 Å². The summed E-state index contributed by atoms with van der Waals surface area (Å²) in [6.07, 6.45) is 0. The van der Waals surface area contributed by atoms with E-state index in [1.807, 2.05) is 0 Å². The number of para-hydroxylation sites is 1. The maximum Gasteiger partial charge on any atom is 0.494 e. The summed E-state index contributed by atoms with van der Waals surface area (Å²) in [5, 5.41) is 2.49. The van der Waals surface area contributed by atoms with Gasteiger partial charge in [0.1, 0.15) is 0 Å². The second-order valence-electron chi connectivity index (χ2n) is 10.1. The summed E-state index contributed by atoms with van der Waals surface area (Å²) in [6, 6.07) is 34.5. The number of aromatic nitrogens is 1. The number of hydrogen-bond acceptors (Lipinski definition) is 2. The Hall–Kier alpha value is -3.34. The van der Waals surface area contributed by atoms with Crippen molar-refractivity contribution < 1.29 is 9.31 Å². The molecule has 34 heavy (non-hydrogen) atoms. The molecule has 4 aromatic carbocycles. The topological polar surface area (TPSA) is 23.4 Å². The molecule has 168 valence electrons. The molecule has 6 rings (SSSR count). The molecule has 0 atom stereocenters. The minimum atomic E-state index is -0.391. The molecule has 1 aromatic heterocycles. The molecule has 1 fully saturated rings. The van der Waals surface area contributed by atoms with Crippen LogP contribution in [0.15, 0.2) is 97.1 Å². The van der Waals surface area contributed by atoms with Gasteiger partial charge in [0.15, 0.2) is 0 Å². The lowest BCUT2D eigenvalue weighted by Gasteiger charge is -2.32. The van der Waals surface area contributed by atoms with Crippen LogP contribution in [0.1, 0.15) is 27.7 Å². The van der Waals surface area contributed by atoms with Crippen LogP contribution in [0.5, 0.6) is 0 Å².